The summed E-state index contributed by atoms with van der Waals surface area (Å²) in [7, 11) is 0. The summed E-state index contributed by atoms with van der Waals surface area (Å²) in [6.07, 6.45) is 3.29. The molecule has 0 radical (unpaired) electrons. The molecule has 0 saturated carbocycles. The predicted molar refractivity (Wildman–Crippen MR) is 127 cm³/mol. The van der Waals surface area contributed by atoms with E-state index in [4.69, 9.17) is 23.2 Å². The molecule has 2 N–H and O–H groups in total. The van der Waals surface area contributed by atoms with Crippen molar-refractivity contribution < 1.29 is 4.79 Å². The third-order valence-electron chi connectivity index (χ3n) is 5.36. The highest BCUT2D eigenvalue weighted by Crippen LogP contribution is 2.33. The molecule has 0 bridgehead atoms. The van der Waals surface area contributed by atoms with Crippen LogP contribution < -0.4 is 10.3 Å². The molecule has 0 fully saturated rings. The molecule has 1 aromatic heterocycles. The highest BCUT2D eigenvalue weighted by molar-refractivity contribution is 6.18. The van der Waals surface area contributed by atoms with Gasteiger partial charge in [-0.05, 0) is 36.1 Å². The van der Waals surface area contributed by atoms with Crippen molar-refractivity contribution in [3.05, 3.63) is 70.9 Å². The van der Waals surface area contributed by atoms with Crippen LogP contribution in [0.25, 0.3) is 11.3 Å². The minimum atomic E-state index is -0.295. The summed E-state index contributed by atoms with van der Waals surface area (Å²) in [6.45, 7) is 1.47. The molecule has 3 aromatic rings. The number of fused-ring (bicyclic) bond motifs is 3. The Labute approximate surface area is 191 Å². The topological polar surface area (TPSA) is 73.4 Å². The number of alkyl halides is 2. The van der Waals surface area contributed by atoms with Crippen LogP contribution in [-0.4, -0.2) is 47.2 Å². The second-order valence-corrected chi connectivity index (χ2v) is 7.99. The Morgan fingerprint density at radius 3 is 2.58 bits per heavy atom. The molecule has 0 spiro atoms. The number of carbonyl (C=O) groups is 1. The van der Waals surface area contributed by atoms with Crippen molar-refractivity contribution in [3.8, 4) is 11.3 Å². The molecule has 31 heavy (non-hydrogen) atoms. The third-order valence-corrected chi connectivity index (χ3v) is 5.70. The summed E-state index contributed by atoms with van der Waals surface area (Å²) in [6, 6.07) is 16.0. The second kappa shape index (κ2) is 9.98. The third kappa shape index (κ3) is 4.75. The van der Waals surface area contributed by atoms with E-state index in [-0.39, 0.29) is 5.91 Å². The van der Waals surface area contributed by atoms with Gasteiger partial charge >= 0.3 is 0 Å². The van der Waals surface area contributed by atoms with E-state index in [0.717, 1.165) is 54.0 Å². The molecule has 4 rings (SSSR count). The maximum atomic E-state index is 12.6. The molecule has 1 heterocycles. The number of rotatable bonds is 8. The quantitative estimate of drug-likeness (QED) is 0.303. The van der Waals surface area contributed by atoms with Gasteiger partial charge in [-0.15, -0.1) is 23.2 Å². The number of hydrogen-bond donors (Lipinski definition) is 2. The number of hydrazone groups is 1. The van der Waals surface area contributed by atoms with Gasteiger partial charge in [-0.25, -0.2) is 5.43 Å². The fourth-order valence-electron chi connectivity index (χ4n) is 3.81. The number of aromatic amines is 1. The first-order valence-corrected chi connectivity index (χ1v) is 11.2. The number of benzene rings is 2. The summed E-state index contributed by atoms with van der Waals surface area (Å²) in [5.74, 6) is 0.778. The molecule has 0 aliphatic heterocycles. The van der Waals surface area contributed by atoms with Gasteiger partial charge in [0.2, 0.25) is 0 Å². The van der Waals surface area contributed by atoms with Crippen LogP contribution in [0.4, 0.5) is 5.69 Å². The average molecular weight is 456 g/mol. The minimum Gasteiger partial charge on any atom is -0.369 e. The van der Waals surface area contributed by atoms with E-state index >= 15 is 0 Å². The van der Waals surface area contributed by atoms with Crippen molar-refractivity contribution in [1.29, 1.82) is 0 Å². The molecule has 6 nitrogen and oxygen atoms in total. The number of hydrogen-bond acceptors (Lipinski definition) is 4. The van der Waals surface area contributed by atoms with Crippen LogP contribution in [0.15, 0.2) is 53.6 Å². The van der Waals surface area contributed by atoms with E-state index in [1.807, 2.05) is 42.5 Å². The number of nitrogens with zero attached hydrogens (tertiary/aromatic N) is 3. The summed E-state index contributed by atoms with van der Waals surface area (Å²) in [4.78, 5) is 14.8. The molecule has 0 atom stereocenters. The molecule has 8 heteroatoms. The van der Waals surface area contributed by atoms with E-state index in [2.05, 4.69) is 31.7 Å². The molecule has 2 aromatic carbocycles. The monoisotopic (exact) mass is 455 g/mol. The highest BCUT2D eigenvalue weighted by Gasteiger charge is 2.24. The number of amides is 1. The van der Waals surface area contributed by atoms with Gasteiger partial charge in [0.15, 0.2) is 0 Å². The Morgan fingerprint density at radius 2 is 1.84 bits per heavy atom. The summed E-state index contributed by atoms with van der Waals surface area (Å²) in [5, 5.41) is 11.4. The smallest absolute Gasteiger partial charge is 0.289 e. The molecular weight excluding hydrogens is 433 g/mol. The van der Waals surface area contributed by atoms with Gasteiger partial charge in [0, 0.05) is 41.7 Å². The zero-order chi connectivity index (χ0) is 21.6. The highest BCUT2D eigenvalue weighted by atomic mass is 35.5. The van der Waals surface area contributed by atoms with Crippen molar-refractivity contribution in [3.63, 3.8) is 0 Å². The molecule has 0 saturated heterocycles. The van der Waals surface area contributed by atoms with Gasteiger partial charge in [-0.2, -0.15) is 10.2 Å². The van der Waals surface area contributed by atoms with Gasteiger partial charge in [-0.1, -0.05) is 36.4 Å². The molecular formula is C23H23Cl2N5O. The number of aromatic nitrogens is 2. The molecule has 1 aliphatic rings. The van der Waals surface area contributed by atoms with E-state index < -0.39 is 0 Å². The van der Waals surface area contributed by atoms with Gasteiger partial charge < -0.3 is 4.90 Å². The molecule has 0 unspecified atom stereocenters. The lowest BCUT2D eigenvalue weighted by Crippen LogP contribution is -2.27. The average Bonchev–Trinajstić information content (AvgIpc) is 3.24. The summed E-state index contributed by atoms with van der Waals surface area (Å²) < 4.78 is 0. The van der Waals surface area contributed by atoms with E-state index in [1.165, 1.54) is 5.56 Å². The van der Waals surface area contributed by atoms with Crippen LogP contribution in [-0.2, 0) is 12.8 Å². The lowest BCUT2D eigenvalue weighted by molar-refractivity contribution is 0.0949. The van der Waals surface area contributed by atoms with E-state index in [9.17, 15) is 4.79 Å². The number of carbonyl (C=O) groups excluding carboxylic acids is 1. The second-order valence-electron chi connectivity index (χ2n) is 7.24. The Hall–Kier alpha value is -2.83. The maximum absolute atomic E-state index is 12.6. The van der Waals surface area contributed by atoms with Crippen LogP contribution >= 0.6 is 23.2 Å². The number of anilines is 1. The summed E-state index contributed by atoms with van der Waals surface area (Å²) >= 11 is 11.7. The SMILES string of the molecule is O=C(NN=Cc1ccc(N(CCCl)CCCl)cc1)c1[nH]nc2c1CCc1ccccc1-2. The van der Waals surface area contributed by atoms with E-state index in [1.54, 1.807) is 6.21 Å². The maximum Gasteiger partial charge on any atom is 0.289 e. The first-order chi connectivity index (χ1) is 15.2. The van der Waals surface area contributed by atoms with Crippen molar-refractivity contribution in [2.24, 2.45) is 5.10 Å². The zero-order valence-electron chi connectivity index (χ0n) is 16.9. The number of H-pyrrole nitrogens is 1. The molecule has 160 valence electrons. The van der Waals surface area contributed by atoms with Gasteiger partial charge in [0.1, 0.15) is 5.69 Å². The van der Waals surface area contributed by atoms with Crippen molar-refractivity contribution in [2.75, 3.05) is 29.7 Å². The first-order valence-electron chi connectivity index (χ1n) is 10.2. The Morgan fingerprint density at radius 1 is 1.10 bits per heavy atom. The predicted octanol–water partition coefficient (Wildman–Crippen LogP) is 4.22. The Balaban J connectivity index is 1.41. The van der Waals surface area contributed by atoms with Crippen LogP contribution in [0.2, 0.25) is 0 Å². The lowest BCUT2D eigenvalue weighted by Gasteiger charge is -2.22. The number of halogens is 2. The van der Waals surface area contributed by atoms with Crippen LogP contribution in [0.5, 0.6) is 0 Å². The zero-order valence-corrected chi connectivity index (χ0v) is 18.5. The fraction of sp³-hybridized carbons (Fsp3) is 0.261. The Kier molecular flexibility index (Phi) is 6.89. The van der Waals surface area contributed by atoms with Crippen LogP contribution in [0, 0.1) is 0 Å². The van der Waals surface area contributed by atoms with Gasteiger partial charge in [0.25, 0.3) is 5.91 Å². The largest absolute Gasteiger partial charge is 0.369 e. The lowest BCUT2D eigenvalue weighted by atomic mass is 9.89. The standard InChI is InChI=1S/C23H23Cl2N5O/c24-11-13-30(14-12-25)18-8-5-16(6-9-18)15-26-29-23(31)22-20-10-7-17-3-1-2-4-19(17)21(20)27-28-22/h1-6,8-9,15H,7,10-14H2,(H,27,28)(H,29,31). The number of aryl methyl sites for hydroxylation is 1. The fourth-order valence-corrected chi connectivity index (χ4v) is 4.22. The van der Waals surface area contributed by atoms with Crippen LogP contribution in [0.1, 0.15) is 27.2 Å². The summed E-state index contributed by atoms with van der Waals surface area (Å²) in [5.41, 5.74) is 9.12. The van der Waals surface area contributed by atoms with Crippen molar-refractivity contribution in [2.45, 2.75) is 12.8 Å². The van der Waals surface area contributed by atoms with Gasteiger partial charge in [-0.3, -0.25) is 9.89 Å². The number of nitrogens with one attached hydrogen (secondary N) is 2. The normalized spacial score (nSPS) is 12.5. The Bertz CT molecular complexity index is 1070. The first kappa shape index (κ1) is 21.4. The van der Waals surface area contributed by atoms with E-state index in [0.29, 0.717) is 17.5 Å². The molecule has 1 aliphatic carbocycles. The van der Waals surface area contributed by atoms with Crippen molar-refractivity contribution in [1.82, 2.24) is 15.6 Å². The molecule has 1 amide bonds. The van der Waals surface area contributed by atoms with Gasteiger partial charge in [0.05, 0.1) is 11.9 Å². The van der Waals surface area contributed by atoms with Crippen LogP contribution in [0.3, 0.4) is 0 Å². The minimum absolute atomic E-state index is 0.295. The van der Waals surface area contributed by atoms with Crippen molar-refractivity contribution >= 4 is 41.0 Å².